The SMILES string of the molecule is CCOC(=O)c1csc([C@@H](CC(C)C)NC(=O)c2csc([C@@H]3CCCN3C(=O)[C@@H](NC(=O)[C@@H](NC(=O)[C@H](NC(=O)OC(C)(C)C)[C@H](C)CC)[C@H](C)O)C(C)C)n2)n1. The maximum absolute atomic E-state index is 14.2. The standard InChI is InChI=1S/C39H61N7O9S2/c1-12-22(7)29(45-38(53)55-39(9,10)11)32(49)44-30(23(8)47)33(50)43-28(21(5)6)36(51)46-16-14-15-27(46)35-41-25(18-57-35)31(48)40-24(17-20(3)4)34-42-26(19-56-34)37(52)54-13-2/h18-24,27-30,47H,12-17H2,1-11H3,(H,40,48)(H,43,50)(H,44,49)(H,45,53)/t22-,23+,24-,27+,28+,29-,30+/m1/s1. The van der Waals surface area contributed by atoms with Crippen molar-refractivity contribution in [2.24, 2.45) is 17.8 Å². The van der Waals surface area contributed by atoms with Gasteiger partial charge in [-0.25, -0.2) is 19.6 Å². The molecule has 57 heavy (non-hydrogen) atoms. The highest BCUT2D eigenvalue weighted by Crippen LogP contribution is 2.35. The fraction of sp³-hybridized carbons (Fsp3) is 0.692. The number of aliphatic hydroxyl groups excluding tert-OH is 1. The Kier molecular flexibility index (Phi) is 17.4. The van der Waals surface area contributed by atoms with Gasteiger partial charge in [-0.05, 0) is 71.6 Å². The number of aromatic nitrogens is 2. The summed E-state index contributed by atoms with van der Waals surface area (Å²) in [4.78, 5) is 90.5. The second kappa shape index (κ2) is 21.0. The molecule has 3 rings (SSSR count). The van der Waals surface area contributed by atoms with Crippen LogP contribution in [0.1, 0.15) is 145 Å². The molecule has 0 radical (unpaired) electrons. The summed E-state index contributed by atoms with van der Waals surface area (Å²) in [6, 6.07) is -4.42. The number of likely N-dealkylation sites (tertiary alicyclic amines) is 1. The number of nitrogens with one attached hydrogen (secondary N) is 4. The van der Waals surface area contributed by atoms with Gasteiger partial charge in [0.25, 0.3) is 5.91 Å². The van der Waals surface area contributed by atoms with Crippen LogP contribution in [0.2, 0.25) is 0 Å². The highest BCUT2D eigenvalue weighted by atomic mass is 32.1. The molecule has 0 saturated carbocycles. The molecule has 2 aromatic heterocycles. The van der Waals surface area contributed by atoms with E-state index in [1.807, 2.05) is 20.8 Å². The van der Waals surface area contributed by atoms with Crippen LogP contribution in [0, 0.1) is 17.8 Å². The van der Waals surface area contributed by atoms with Crippen molar-refractivity contribution in [2.75, 3.05) is 13.2 Å². The molecule has 2 aromatic rings. The van der Waals surface area contributed by atoms with Crippen molar-refractivity contribution < 1.29 is 43.3 Å². The first kappa shape index (κ1) is 47.2. The van der Waals surface area contributed by atoms with E-state index in [2.05, 4.69) is 31.2 Å². The Bertz CT molecular complexity index is 1700. The van der Waals surface area contributed by atoms with Gasteiger partial charge in [0.1, 0.15) is 39.4 Å². The molecule has 18 heteroatoms. The van der Waals surface area contributed by atoms with Crippen LogP contribution in [-0.4, -0.2) is 98.6 Å². The lowest BCUT2D eigenvalue weighted by Crippen LogP contribution is -2.61. The number of thiazole rings is 2. The molecule has 1 aliphatic rings. The van der Waals surface area contributed by atoms with Crippen molar-refractivity contribution in [2.45, 2.75) is 144 Å². The van der Waals surface area contributed by atoms with Crippen molar-refractivity contribution >= 4 is 58.4 Å². The van der Waals surface area contributed by atoms with Gasteiger partial charge >= 0.3 is 12.1 Å². The Morgan fingerprint density at radius 2 is 1.51 bits per heavy atom. The van der Waals surface area contributed by atoms with Gasteiger partial charge in [-0.2, -0.15) is 0 Å². The van der Waals surface area contributed by atoms with E-state index in [9.17, 15) is 33.9 Å². The Labute approximate surface area is 343 Å². The Morgan fingerprint density at radius 1 is 0.877 bits per heavy atom. The van der Waals surface area contributed by atoms with Crippen molar-refractivity contribution in [1.82, 2.24) is 36.1 Å². The number of carbonyl (C=O) groups excluding carboxylic acids is 6. The third kappa shape index (κ3) is 13.5. The summed E-state index contributed by atoms with van der Waals surface area (Å²) in [6.07, 6.45) is 0.234. The number of hydrogen-bond acceptors (Lipinski definition) is 13. The molecule has 0 aromatic carbocycles. The Hall–Kier alpha value is -4.16. The minimum absolute atomic E-state index is 0.186. The fourth-order valence-corrected chi connectivity index (χ4v) is 8.02. The molecule has 1 fully saturated rings. The normalized spacial score (nSPS) is 17.6. The van der Waals surface area contributed by atoms with Gasteiger partial charge in [-0.1, -0.05) is 48.0 Å². The zero-order valence-electron chi connectivity index (χ0n) is 35.0. The molecule has 0 aliphatic carbocycles. The molecular formula is C39H61N7O9S2. The molecule has 5 N–H and O–H groups in total. The highest BCUT2D eigenvalue weighted by molar-refractivity contribution is 7.10. The quantitative estimate of drug-likeness (QED) is 0.127. The van der Waals surface area contributed by atoms with Crippen molar-refractivity contribution in [3.8, 4) is 0 Å². The number of alkyl carbamates (subject to hydrolysis) is 1. The first-order chi connectivity index (χ1) is 26.7. The summed E-state index contributed by atoms with van der Waals surface area (Å²) in [5.41, 5.74) is -0.428. The van der Waals surface area contributed by atoms with Crippen LogP contribution in [-0.2, 0) is 23.9 Å². The predicted octanol–water partition coefficient (Wildman–Crippen LogP) is 4.90. The number of ether oxygens (including phenoxy) is 2. The molecule has 0 unspecified atom stereocenters. The third-order valence-electron chi connectivity index (χ3n) is 9.35. The zero-order valence-corrected chi connectivity index (χ0v) is 36.6. The van der Waals surface area contributed by atoms with Crippen LogP contribution >= 0.6 is 22.7 Å². The summed E-state index contributed by atoms with van der Waals surface area (Å²) in [5, 5.41) is 26.0. The van der Waals surface area contributed by atoms with Crippen molar-refractivity contribution in [1.29, 1.82) is 0 Å². The monoisotopic (exact) mass is 835 g/mol. The maximum atomic E-state index is 14.2. The van der Waals surface area contributed by atoms with E-state index >= 15 is 0 Å². The average molecular weight is 836 g/mol. The van der Waals surface area contributed by atoms with Crippen LogP contribution in [0.5, 0.6) is 0 Å². The zero-order chi connectivity index (χ0) is 42.8. The van der Waals surface area contributed by atoms with Crippen molar-refractivity contribution in [3.63, 3.8) is 0 Å². The van der Waals surface area contributed by atoms with E-state index in [0.717, 1.165) is 0 Å². The van der Waals surface area contributed by atoms with Crippen LogP contribution in [0.3, 0.4) is 0 Å². The summed E-state index contributed by atoms with van der Waals surface area (Å²) in [6.45, 7) is 20.0. The topological polar surface area (TPSA) is 218 Å². The van der Waals surface area contributed by atoms with E-state index in [1.54, 1.807) is 64.1 Å². The molecule has 7 atom stereocenters. The fourth-order valence-electron chi connectivity index (χ4n) is 6.22. The van der Waals surface area contributed by atoms with E-state index in [1.165, 1.54) is 29.6 Å². The van der Waals surface area contributed by atoms with Crippen LogP contribution in [0.4, 0.5) is 4.79 Å². The second-order valence-corrected chi connectivity index (χ2v) is 18.0. The minimum atomic E-state index is -1.44. The van der Waals surface area contributed by atoms with E-state index < -0.39 is 71.7 Å². The molecule has 0 bridgehead atoms. The van der Waals surface area contributed by atoms with Gasteiger partial charge < -0.3 is 40.7 Å². The molecule has 1 saturated heterocycles. The minimum Gasteiger partial charge on any atom is -0.461 e. The third-order valence-corrected chi connectivity index (χ3v) is 11.3. The molecule has 0 spiro atoms. The Balaban J connectivity index is 1.75. The van der Waals surface area contributed by atoms with Crippen molar-refractivity contribution in [3.05, 3.63) is 32.2 Å². The summed E-state index contributed by atoms with van der Waals surface area (Å²) < 4.78 is 10.4. The van der Waals surface area contributed by atoms with Gasteiger partial charge in [0.2, 0.25) is 17.7 Å². The Morgan fingerprint density at radius 3 is 2.09 bits per heavy atom. The maximum Gasteiger partial charge on any atom is 0.408 e. The summed E-state index contributed by atoms with van der Waals surface area (Å²) in [5.74, 6) is -3.25. The number of carbonyl (C=O) groups is 6. The smallest absolute Gasteiger partial charge is 0.408 e. The highest BCUT2D eigenvalue weighted by Gasteiger charge is 2.40. The average Bonchev–Trinajstić information content (AvgIpc) is 3.91. The number of amides is 5. The molecule has 5 amide bonds. The second-order valence-electron chi connectivity index (χ2n) is 16.2. The summed E-state index contributed by atoms with van der Waals surface area (Å²) >= 11 is 2.53. The molecule has 1 aliphatic heterocycles. The first-order valence-electron chi connectivity index (χ1n) is 19.6. The molecule has 16 nitrogen and oxygen atoms in total. The number of esters is 1. The van der Waals surface area contributed by atoms with Gasteiger partial charge in [-0.15, -0.1) is 22.7 Å². The predicted molar refractivity (Wildman–Crippen MR) is 217 cm³/mol. The number of rotatable bonds is 18. The van der Waals surface area contributed by atoms with Gasteiger partial charge in [0, 0.05) is 17.3 Å². The molecule has 318 valence electrons. The van der Waals surface area contributed by atoms with E-state index in [-0.39, 0.29) is 41.7 Å². The van der Waals surface area contributed by atoms with Crippen LogP contribution in [0.25, 0.3) is 0 Å². The van der Waals surface area contributed by atoms with Gasteiger partial charge in [0.05, 0.1) is 24.8 Å². The first-order valence-corrected chi connectivity index (χ1v) is 21.4. The lowest BCUT2D eigenvalue weighted by atomic mass is 9.97. The number of aliphatic hydroxyl groups is 1. The van der Waals surface area contributed by atoms with E-state index in [4.69, 9.17) is 9.47 Å². The van der Waals surface area contributed by atoms with Crippen LogP contribution in [0.15, 0.2) is 10.8 Å². The number of hydrogen-bond donors (Lipinski definition) is 5. The number of nitrogens with zero attached hydrogens (tertiary/aromatic N) is 3. The van der Waals surface area contributed by atoms with Gasteiger partial charge in [0.15, 0.2) is 5.69 Å². The summed E-state index contributed by atoms with van der Waals surface area (Å²) in [7, 11) is 0. The van der Waals surface area contributed by atoms with Crippen LogP contribution < -0.4 is 21.3 Å². The van der Waals surface area contributed by atoms with Gasteiger partial charge in [-0.3, -0.25) is 19.2 Å². The molecular weight excluding hydrogens is 775 g/mol. The molecule has 3 heterocycles. The lowest BCUT2D eigenvalue weighted by Gasteiger charge is -2.32. The largest absolute Gasteiger partial charge is 0.461 e. The van der Waals surface area contributed by atoms with E-state index in [0.29, 0.717) is 42.2 Å². The lowest BCUT2D eigenvalue weighted by molar-refractivity contribution is -0.140.